The standard InChI is InChI=1S/2C21H35NO4S/c2*1-7-10-21(24,14(3)8-2)15(4)18(23)22-17-12-16-9-11-20(17,19(16,5)6)13-27(22,25)26/h2*7,14-17,24H,1,8-13H2,2-6H3/t2*14-,15-,16+,17+,20+,21-/m00/s1. The highest BCUT2D eigenvalue weighted by atomic mass is 32.2. The Kier molecular flexibility index (Phi) is 11.2. The van der Waals surface area contributed by atoms with Crippen molar-refractivity contribution in [2.24, 2.45) is 57.2 Å². The van der Waals surface area contributed by atoms with Crippen molar-refractivity contribution in [1.82, 2.24) is 8.61 Å². The van der Waals surface area contributed by atoms with E-state index in [2.05, 4.69) is 40.9 Å². The van der Waals surface area contributed by atoms with Crippen LogP contribution in [0.5, 0.6) is 0 Å². The number of hydrogen-bond acceptors (Lipinski definition) is 8. The van der Waals surface area contributed by atoms with Gasteiger partial charge in [0.2, 0.25) is 31.9 Å². The molecule has 2 N–H and O–H groups in total. The molecule has 0 aromatic carbocycles. The highest BCUT2D eigenvalue weighted by Crippen LogP contribution is 2.71. The van der Waals surface area contributed by atoms with Crippen molar-refractivity contribution >= 4 is 31.9 Å². The van der Waals surface area contributed by atoms with Crippen LogP contribution < -0.4 is 0 Å². The quantitative estimate of drug-likeness (QED) is 0.208. The molecule has 0 unspecified atom stereocenters. The minimum absolute atomic E-state index is 0.0653. The minimum atomic E-state index is -3.67. The average Bonchev–Trinajstić information content (AvgIpc) is 3.79. The lowest BCUT2D eigenvalue weighted by Crippen LogP contribution is -2.53. The predicted octanol–water partition coefficient (Wildman–Crippen LogP) is 6.69. The first-order valence-electron chi connectivity index (χ1n) is 20.6. The number of aliphatic hydroxyl groups is 2. The zero-order valence-electron chi connectivity index (χ0n) is 34.7. The molecule has 4 aliphatic carbocycles. The third-order valence-electron chi connectivity index (χ3n) is 17.4. The molecule has 0 aromatic heterocycles. The molecular formula is C42H70N2O8S2. The molecule has 2 amide bonds. The second-order valence-electron chi connectivity index (χ2n) is 19.5. The van der Waals surface area contributed by atoms with Crippen LogP contribution >= 0.6 is 0 Å². The van der Waals surface area contributed by atoms with Gasteiger partial charge in [-0.1, -0.05) is 94.2 Å². The van der Waals surface area contributed by atoms with E-state index in [1.54, 1.807) is 26.0 Å². The Balaban J connectivity index is 0.000000208. The summed E-state index contributed by atoms with van der Waals surface area (Å²) in [5.74, 6) is -1.68. The number of nitrogens with zero attached hydrogens (tertiary/aromatic N) is 2. The Morgan fingerprint density at radius 1 is 0.704 bits per heavy atom. The number of amides is 2. The van der Waals surface area contributed by atoms with Gasteiger partial charge in [-0.05, 0) is 85.9 Å². The SMILES string of the molecule is C=CC[C@](O)([C@@H](C)CC)[C@@H](C)C(=O)N1[C@@H]2C[C@H]3CC[C@]2(CS1(=O)=O)C3(C)C.C=CC[C@](O)([C@@H](C)CC)[C@@H](C)C(=O)N1[C@@H]2C[C@H]3CC[C@]2(CS1(=O)=O)C3(C)C. The van der Waals surface area contributed by atoms with Gasteiger partial charge in [-0.15, -0.1) is 13.2 Å². The first kappa shape index (κ1) is 43.4. The van der Waals surface area contributed by atoms with E-state index >= 15 is 0 Å². The molecule has 308 valence electrons. The fourth-order valence-corrected chi connectivity index (χ4v) is 18.0. The van der Waals surface area contributed by atoms with Crippen molar-refractivity contribution in [2.45, 2.75) is 157 Å². The molecule has 12 atom stereocenters. The van der Waals surface area contributed by atoms with Crippen LogP contribution in [0.2, 0.25) is 0 Å². The first-order valence-corrected chi connectivity index (χ1v) is 23.8. The molecule has 12 heteroatoms. The van der Waals surface area contributed by atoms with Gasteiger partial charge in [-0.3, -0.25) is 9.59 Å². The highest BCUT2D eigenvalue weighted by molar-refractivity contribution is 7.90. The summed E-state index contributed by atoms with van der Waals surface area (Å²) in [6.07, 6.45) is 10.5. The average molecular weight is 795 g/mol. The molecule has 2 heterocycles. The van der Waals surface area contributed by atoms with Gasteiger partial charge < -0.3 is 10.2 Å². The summed E-state index contributed by atoms with van der Waals surface area (Å²) < 4.78 is 54.9. The number of sulfonamides is 2. The van der Waals surface area contributed by atoms with Gasteiger partial charge in [0.05, 0.1) is 46.6 Å². The number of rotatable bonds is 12. The molecule has 6 rings (SSSR count). The van der Waals surface area contributed by atoms with Gasteiger partial charge in [0.25, 0.3) is 0 Å². The lowest BCUT2D eigenvalue weighted by Gasteiger charge is -2.41. The van der Waals surface area contributed by atoms with Crippen LogP contribution in [0, 0.1) is 57.2 Å². The summed E-state index contributed by atoms with van der Waals surface area (Å²) in [6, 6.07) is -0.507. The first-order chi connectivity index (χ1) is 24.8. The van der Waals surface area contributed by atoms with Gasteiger partial charge in [0.15, 0.2) is 0 Å². The van der Waals surface area contributed by atoms with Crippen LogP contribution in [-0.4, -0.2) is 82.3 Å². The van der Waals surface area contributed by atoms with Crippen molar-refractivity contribution in [3.63, 3.8) is 0 Å². The van der Waals surface area contributed by atoms with Crippen LogP contribution in [0.15, 0.2) is 25.3 Å². The van der Waals surface area contributed by atoms with Crippen molar-refractivity contribution in [1.29, 1.82) is 0 Å². The molecule has 4 bridgehead atoms. The molecule has 2 saturated heterocycles. The topological polar surface area (TPSA) is 149 Å². The molecule has 0 aromatic rings. The Morgan fingerprint density at radius 2 is 1.02 bits per heavy atom. The van der Waals surface area contributed by atoms with E-state index in [1.165, 1.54) is 8.61 Å². The van der Waals surface area contributed by atoms with E-state index in [1.807, 2.05) is 27.7 Å². The van der Waals surface area contributed by atoms with E-state index in [4.69, 9.17) is 0 Å². The maximum atomic E-state index is 13.5. The second kappa shape index (κ2) is 14.0. The Bertz CT molecular complexity index is 1620. The smallest absolute Gasteiger partial charge is 0.242 e. The largest absolute Gasteiger partial charge is 0.388 e. The van der Waals surface area contributed by atoms with E-state index in [0.717, 1.165) is 38.5 Å². The normalized spacial score (nSPS) is 37.5. The van der Waals surface area contributed by atoms with Crippen molar-refractivity contribution in [3.05, 3.63) is 25.3 Å². The maximum Gasteiger partial charge on any atom is 0.242 e. The Hall–Kier alpha value is -1.76. The fraction of sp³-hybridized carbons (Fsp3) is 0.857. The summed E-state index contributed by atoms with van der Waals surface area (Å²) in [4.78, 5) is 27.0. The van der Waals surface area contributed by atoms with Crippen LogP contribution in [-0.2, 0) is 29.6 Å². The zero-order chi connectivity index (χ0) is 40.8. The Labute approximate surface area is 326 Å². The lowest BCUT2D eigenvalue weighted by atomic mass is 9.68. The summed E-state index contributed by atoms with van der Waals surface area (Å²) in [5.41, 5.74) is -3.39. The monoisotopic (exact) mass is 794 g/mol. The van der Waals surface area contributed by atoms with E-state index < -0.39 is 54.9 Å². The number of fused-ring (bicyclic) bond motifs is 2. The number of carbonyl (C=O) groups is 2. The van der Waals surface area contributed by atoms with Crippen molar-refractivity contribution < 1.29 is 36.6 Å². The maximum absolute atomic E-state index is 13.5. The molecule has 0 radical (unpaired) electrons. The summed E-state index contributed by atoms with van der Waals surface area (Å²) in [7, 11) is -7.33. The summed E-state index contributed by atoms with van der Waals surface area (Å²) in [5, 5.41) is 22.6. The fourth-order valence-electron chi connectivity index (χ4n) is 12.7. The van der Waals surface area contributed by atoms with Crippen LogP contribution in [0.3, 0.4) is 0 Å². The lowest BCUT2D eigenvalue weighted by molar-refractivity contribution is -0.147. The predicted molar refractivity (Wildman–Crippen MR) is 213 cm³/mol. The van der Waals surface area contributed by atoms with Crippen LogP contribution in [0.25, 0.3) is 0 Å². The van der Waals surface area contributed by atoms with Gasteiger partial charge in [-0.2, -0.15) is 0 Å². The van der Waals surface area contributed by atoms with Crippen LogP contribution in [0.1, 0.15) is 133 Å². The summed E-state index contributed by atoms with van der Waals surface area (Å²) >= 11 is 0. The van der Waals surface area contributed by atoms with E-state index in [9.17, 15) is 36.6 Å². The van der Waals surface area contributed by atoms with E-state index in [-0.39, 0.29) is 69.9 Å². The minimum Gasteiger partial charge on any atom is -0.388 e. The third-order valence-corrected chi connectivity index (χ3v) is 21.2. The second-order valence-corrected chi connectivity index (χ2v) is 23.2. The highest BCUT2D eigenvalue weighted by Gasteiger charge is 2.74. The molecule has 2 aliphatic heterocycles. The molecule has 54 heavy (non-hydrogen) atoms. The van der Waals surface area contributed by atoms with E-state index in [0.29, 0.717) is 24.7 Å². The number of carbonyl (C=O) groups excluding carboxylic acids is 2. The van der Waals surface area contributed by atoms with Crippen LogP contribution in [0.4, 0.5) is 0 Å². The van der Waals surface area contributed by atoms with Gasteiger partial charge >= 0.3 is 0 Å². The molecule has 10 nitrogen and oxygen atoms in total. The molecule has 4 saturated carbocycles. The van der Waals surface area contributed by atoms with Gasteiger partial charge in [-0.25, -0.2) is 25.4 Å². The van der Waals surface area contributed by atoms with Gasteiger partial charge in [0, 0.05) is 10.8 Å². The van der Waals surface area contributed by atoms with Crippen molar-refractivity contribution in [3.8, 4) is 0 Å². The molecule has 2 spiro atoms. The van der Waals surface area contributed by atoms with Crippen molar-refractivity contribution in [2.75, 3.05) is 11.5 Å². The third kappa shape index (κ3) is 5.85. The Morgan fingerprint density at radius 3 is 1.28 bits per heavy atom. The summed E-state index contributed by atoms with van der Waals surface area (Å²) in [6.45, 7) is 27.3. The number of hydrogen-bond donors (Lipinski definition) is 2. The van der Waals surface area contributed by atoms with Gasteiger partial charge in [0.1, 0.15) is 0 Å². The molecule has 6 aliphatic rings. The zero-order valence-corrected chi connectivity index (χ0v) is 36.4. The molecular weight excluding hydrogens is 725 g/mol. The molecule has 6 fully saturated rings.